The van der Waals surface area contributed by atoms with Gasteiger partial charge in [-0.3, -0.25) is 14.4 Å². The lowest BCUT2D eigenvalue weighted by Crippen LogP contribution is -2.30. The van der Waals surface area contributed by atoms with Crippen molar-refractivity contribution in [3.8, 4) is 0 Å². The molecule has 0 aromatic heterocycles. The van der Waals surface area contributed by atoms with E-state index in [-0.39, 0.29) is 31.1 Å². The Kier molecular flexibility index (Phi) is 65.2. The second-order valence-electron chi connectivity index (χ2n) is 23.0. The maximum Gasteiger partial charge on any atom is 0.306 e. The summed E-state index contributed by atoms with van der Waals surface area (Å²) in [6.45, 7) is 6.44. The van der Waals surface area contributed by atoms with Gasteiger partial charge in [-0.25, -0.2) is 0 Å². The second-order valence-corrected chi connectivity index (χ2v) is 23.0. The molecule has 1 unspecified atom stereocenters. The lowest BCUT2D eigenvalue weighted by Gasteiger charge is -2.18. The topological polar surface area (TPSA) is 78.9 Å². The first-order chi connectivity index (χ1) is 39.5. The molecule has 0 radical (unpaired) electrons. The zero-order valence-electron chi connectivity index (χ0n) is 53.1. The summed E-state index contributed by atoms with van der Waals surface area (Å²) >= 11 is 0. The number of esters is 3. The van der Waals surface area contributed by atoms with Crippen molar-refractivity contribution in [2.75, 3.05) is 13.2 Å². The molecule has 0 saturated heterocycles. The number of carbonyl (C=O) groups excluding carboxylic acids is 3. The van der Waals surface area contributed by atoms with Crippen LogP contribution >= 0.6 is 0 Å². The van der Waals surface area contributed by atoms with Crippen molar-refractivity contribution in [1.29, 1.82) is 0 Å². The van der Waals surface area contributed by atoms with E-state index in [1.54, 1.807) is 0 Å². The van der Waals surface area contributed by atoms with Crippen LogP contribution in [0.5, 0.6) is 0 Å². The van der Waals surface area contributed by atoms with Crippen molar-refractivity contribution in [1.82, 2.24) is 0 Å². The summed E-state index contributed by atoms with van der Waals surface area (Å²) in [5, 5.41) is 0. The molecule has 0 aliphatic carbocycles. The van der Waals surface area contributed by atoms with Crippen molar-refractivity contribution in [3.63, 3.8) is 0 Å². The fourth-order valence-electron chi connectivity index (χ4n) is 10.0. The van der Waals surface area contributed by atoms with Gasteiger partial charge in [0, 0.05) is 19.3 Å². The van der Waals surface area contributed by atoms with E-state index in [4.69, 9.17) is 14.2 Å². The number of carbonyl (C=O) groups is 3. The van der Waals surface area contributed by atoms with Crippen molar-refractivity contribution in [2.45, 2.75) is 354 Å². The van der Waals surface area contributed by atoms with Crippen molar-refractivity contribution < 1.29 is 28.6 Å². The van der Waals surface area contributed by atoms with E-state index in [2.05, 4.69) is 106 Å². The zero-order valence-corrected chi connectivity index (χ0v) is 53.1. The summed E-state index contributed by atoms with van der Waals surface area (Å²) in [6, 6.07) is 0. The fraction of sp³-hybridized carbons (Fsp3) is 0.770. The summed E-state index contributed by atoms with van der Waals surface area (Å²) in [5.74, 6) is -0.892. The summed E-state index contributed by atoms with van der Waals surface area (Å²) in [7, 11) is 0. The van der Waals surface area contributed by atoms with E-state index >= 15 is 0 Å². The van der Waals surface area contributed by atoms with E-state index in [0.29, 0.717) is 19.3 Å². The fourth-order valence-corrected chi connectivity index (χ4v) is 10.0. The van der Waals surface area contributed by atoms with Gasteiger partial charge in [0.15, 0.2) is 6.10 Å². The highest BCUT2D eigenvalue weighted by atomic mass is 16.6. The van der Waals surface area contributed by atoms with Crippen molar-refractivity contribution >= 4 is 17.9 Å². The molecule has 0 fully saturated rings. The van der Waals surface area contributed by atoms with E-state index < -0.39 is 6.10 Å². The lowest BCUT2D eigenvalue weighted by molar-refractivity contribution is -0.167. The van der Waals surface area contributed by atoms with E-state index in [1.165, 1.54) is 199 Å². The molecule has 0 spiro atoms. The molecular weight excluding hydrogens is 985 g/mol. The molecule has 0 aliphatic heterocycles. The summed E-state index contributed by atoms with van der Waals surface area (Å²) in [5.41, 5.74) is 0. The maximum atomic E-state index is 12.9. The minimum absolute atomic E-state index is 0.0815. The molecule has 6 nitrogen and oxygen atoms in total. The molecule has 0 heterocycles. The molecule has 0 saturated carbocycles. The van der Waals surface area contributed by atoms with Gasteiger partial charge in [-0.15, -0.1) is 0 Å². The molecule has 0 aromatic carbocycles. The number of hydrogen-bond donors (Lipinski definition) is 0. The van der Waals surface area contributed by atoms with Crippen LogP contribution in [0.25, 0.3) is 0 Å². The van der Waals surface area contributed by atoms with E-state index in [9.17, 15) is 14.4 Å². The lowest BCUT2D eigenvalue weighted by atomic mass is 10.0. The number of allylic oxidation sites excluding steroid dienone is 14. The third kappa shape index (κ3) is 65.4. The monoisotopic (exact) mass is 1110 g/mol. The first-order valence-electron chi connectivity index (χ1n) is 34.6. The Morgan fingerprint density at radius 3 is 0.775 bits per heavy atom. The quantitative estimate of drug-likeness (QED) is 0.0261. The Morgan fingerprint density at radius 2 is 0.487 bits per heavy atom. The Labute approximate surface area is 496 Å². The average molecular weight is 1120 g/mol. The largest absolute Gasteiger partial charge is 0.462 e. The highest BCUT2D eigenvalue weighted by molar-refractivity contribution is 5.71. The molecule has 0 rings (SSSR count). The number of hydrogen-bond acceptors (Lipinski definition) is 6. The predicted octanol–water partition coefficient (Wildman–Crippen LogP) is 23.8. The molecule has 462 valence electrons. The standard InChI is InChI=1S/C74H130O6/c1-4-7-10-13-16-19-22-25-27-29-31-33-34-35-36-37-38-39-40-41-43-44-46-49-52-55-58-61-64-67-73(76)79-70-71(69-78-72(75)66-63-60-57-54-51-48-24-21-18-15-12-9-6-3)80-74(77)68-65-62-59-56-53-50-47-45-42-32-30-28-26-23-20-17-14-11-8-5-2/h7,9-10,12,16,18-19,21,25,27,31,33,48,51,71H,4-6,8,11,13-15,17,20,22-24,26,28-30,32,34-47,49-50,52-70H2,1-3H3/b10-7-,12-9-,19-16-,21-18-,27-25-,33-31-,51-48-. The van der Waals surface area contributed by atoms with Crippen LogP contribution in [0, 0.1) is 0 Å². The molecule has 0 bridgehead atoms. The van der Waals surface area contributed by atoms with Crippen LogP contribution in [0.2, 0.25) is 0 Å². The van der Waals surface area contributed by atoms with Gasteiger partial charge < -0.3 is 14.2 Å². The first kappa shape index (κ1) is 76.6. The highest BCUT2D eigenvalue weighted by Crippen LogP contribution is 2.18. The van der Waals surface area contributed by atoms with Gasteiger partial charge in [0.05, 0.1) is 0 Å². The Morgan fingerprint density at radius 1 is 0.263 bits per heavy atom. The van der Waals surface area contributed by atoms with Gasteiger partial charge in [-0.05, 0) is 89.9 Å². The van der Waals surface area contributed by atoms with E-state index in [1.807, 2.05) is 0 Å². The van der Waals surface area contributed by atoms with Crippen molar-refractivity contribution in [2.24, 2.45) is 0 Å². The SMILES string of the molecule is CC/C=C\C/C=C\C/C=C\C/C=C\CCCCCCCCCCCCCCCCCCC(=O)OCC(COC(=O)CCCCC/C=C\C/C=C\C/C=C\CC)OC(=O)CCCCCCCCCCCCCCCCCCCCCC. The molecule has 1 atom stereocenters. The zero-order chi connectivity index (χ0) is 57.8. The highest BCUT2D eigenvalue weighted by Gasteiger charge is 2.19. The summed E-state index contributed by atoms with van der Waals surface area (Å²) < 4.78 is 16.9. The number of rotatable bonds is 63. The third-order valence-corrected chi connectivity index (χ3v) is 15.1. The summed E-state index contributed by atoms with van der Waals surface area (Å²) in [4.78, 5) is 38.4. The van der Waals surface area contributed by atoms with Gasteiger partial charge in [0.2, 0.25) is 0 Å². The summed E-state index contributed by atoms with van der Waals surface area (Å²) in [6.07, 6.45) is 90.5. The second kappa shape index (κ2) is 68.1. The smallest absolute Gasteiger partial charge is 0.306 e. The Bertz CT molecular complexity index is 1520. The van der Waals surface area contributed by atoms with Gasteiger partial charge in [-0.2, -0.15) is 0 Å². The molecule has 0 amide bonds. The van der Waals surface area contributed by atoms with Crippen LogP contribution in [0.3, 0.4) is 0 Å². The molecule has 0 aromatic rings. The molecule has 6 heteroatoms. The number of unbranched alkanes of at least 4 members (excludes halogenated alkanes) is 38. The first-order valence-corrected chi connectivity index (χ1v) is 34.6. The maximum absolute atomic E-state index is 12.9. The Balaban J connectivity index is 4.23. The molecule has 0 N–H and O–H groups in total. The third-order valence-electron chi connectivity index (χ3n) is 15.1. The van der Waals surface area contributed by atoms with Gasteiger partial charge >= 0.3 is 17.9 Å². The van der Waals surface area contributed by atoms with Crippen LogP contribution in [0.4, 0.5) is 0 Å². The normalized spacial score (nSPS) is 12.6. The Hall–Kier alpha value is -3.41. The van der Waals surface area contributed by atoms with Crippen molar-refractivity contribution in [3.05, 3.63) is 85.1 Å². The molecule has 0 aliphatic rings. The van der Waals surface area contributed by atoms with Crippen LogP contribution in [-0.2, 0) is 28.6 Å². The minimum Gasteiger partial charge on any atom is -0.462 e. The van der Waals surface area contributed by atoms with Gasteiger partial charge in [-0.1, -0.05) is 324 Å². The minimum atomic E-state index is -0.787. The molecule has 80 heavy (non-hydrogen) atoms. The predicted molar refractivity (Wildman–Crippen MR) is 348 cm³/mol. The molecular formula is C74H130O6. The average Bonchev–Trinajstić information content (AvgIpc) is 3.46. The van der Waals surface area contributed by atoms with Crippen LogP contribution in [0.1, 0.15) is 348 Å². The van der Waals surface area contributed by atoms with Crippen LogP contribution in [-0.4, -0.2) is 37.2 Å². The number of ether oxygens (including phenoxy) is 3. The van der Waals surface area contributed by atoms with Gasteiger partial charge in [0.1, 0.15) is 13.2 Å². The van der Waals surface area contributed by atoms with Crippen LogP contribution < -0.4 is 0 Å². The van der Waals surface area contributed by atoms with E-state index in [0.717, 1.165) is 109 Å². The van der Waals surface area contributed by atoms with Gasteiger partial charge in [0.25, 0.3) is 0 Å². The van der Waals surface area contributed by atoms with Crippen LogP contribution in [0.15, 0.2) is 85.1 Å².